The Morgan fingerprint density at radius 3 is 2.30 bits per heavy atom. The molecule has 1 aromatic rings. The third-order valence-electron chi connectivity index (χ3n) is 3.26. The molecule has 0 amide bonds. The normalized spacial score (nSPS) is 21.3. The molecule has 1 aliphatic rings. The zero-order chi connectivity index (χ0) is 14.9. The van der Waals surface area contributed by atoms with Crippen molar-refractivity contribution >= 4 is 21.8 Å². The Labute approximate surface area is 117 Å². The molecule has 1 fully saturated rings. The molecule has 1 saturated carbocycles. The van der Waals surface area contributed by atoms with Crippen molar-refractivity contribution in [1.82, 2.24) is 0 Å². The van der Waals surface area contributed by atoms with Gasteiger partial charge in [-0.2, -0.15) is 0 Å². The Hall–Kier alpha value is -1.73. The lowest BCUT2D eigenvalue weighted by Gasteiger charge is -2.04. The predicted octanol–water partition coefficient (Wildman–Crippen LogP) is 0.716. The SMILES string of the molecule is C[C@@H]1C[C@@H]1C(=O)OCC(=O)c1ccc(S(N)(=O)=O)cc1. The Bertz CT molecular complexity index is 635. The lowest BCUT2D eigenvalue weighted by Crippen LogP contribution is -2.16. The quantitative estimate of drug-likeness (QED) is 0.637. The van der Waals surface area contributed by atoms with Crippen molar-refractivity contribution in [2.75, 3.05) is 6.61 Å². The zero-order valence-corrected chi connectivity index (χ0v) is 11.7. The summed E-state index contributed by atoms with van der Waals surface area (Å²) in [7, 11) is -3.78. The van der Waals surface area contributed by atoms with E-state index in [1.165, 1.54) is 24.3 Å². The second kappa shape index (κ2) is 5.34. The number of ether oxygens (including phenoxy) is 1. The molecule has 0 heterocycles. The second-order valence-electron chi connectivity index (χ2n) is 4.92. The maximum Gasteiger partial charge on any atom is 0.309 e. The number of sulfonamides is 1. The zero-order valence-electron chi connectivity index (χ0n) is 10.9. The maximum absolute atomic E-state index is 11.8. The van der Waals surface area contributed by atoms with E-state index in [0.717, 1.165) is 6.42 Å². The summed E-state index contributed by atoms with van der Waals surface area (Å²) in [5.41, 5.74) is 0.272. The van der Waals surface area contributed by atoms with Gasteiger partial charge in [0.05, 0.1) is 10.8 Å². The van der Waals surface area contributed by atoms with Crippen LogP contribution in [0.5, 0.6) is 0 Å². The van der Waals surface area contributed by atoms with Crippen molar-refractivity contribution in [1.29, 1.82) is 0 Å². The van der Waals surface area contributed by atoms with Crippen molar-refractivity contribution in [2.24, 2.45) is 17.0 Å². The number of nitrogens with two attached hydrogens (primary N) is 1. The van der Waals surface area contributed by atoms with Gasteiger partial charge < -0.3 is 4.74 Å². The van der Waals surface area contributed by atoms with E-state index in [1.54, 1.807) is 0 Å². The van der Waals surface area contributed by atoms with Gasteiger partial charge in [0.2, 0.25) is 10.0 Å². The van der Waals surface area contributed by atoms with Crippen LogP contribution >= 0.6 is 0 Å². The molecule has 1 aliphatic carbocycles. The standard InChI is InChI=1S/C13H15NO5S/c1-8-6-11(8)13(16)19-7-12(15)9-2-4-10(5-3-9)20(14,17)18/h2-5,8,11H,6-7H2,1H3,(H2,14,17,18)/t8-,11+/m1/s1. The lowest BCUT2D eigenvalue weighted by molar-refractivity contribution is -0.144. The molecule has 0 bridgehead atoms. The van der Waals surface area contributed by atoms with Crippen LogP contribution < -0.4 is 5.14 Å². The van der Waals surface area contributed by atoms with Crippen LogP contribution in [0.2, 0.25) is 0 Å². The highest BCUT2D eigenvalue weighted by Crippen LogP contribution is 2.38. The molecule has 0 unspecified atom stereocenters. The molecule has 2 rings (SSSR count). The molecule has 2 N–H and O–H groups in total. The minimum Gasteiger partial charge on any atom is -0.457 e. The van der Waals surface area contributed by atoms with E-state index in [-0.39, 0.29) is 34.7 Å². The molecule has 2 atom stereocenters. The van der Waals surface area contributed by atoms with Crippen LogP contribution in [0.15, 0.2) is 29.2 Å². The third-order valence-corrected chi connectivity index (χ3v) is 4.19. The summed E-state index contributed by atoms with van der Waals surface area (Å²) in [6.45, 7) is 1.61. The topological polar surface area (TPSA) is 104 Å². The smallest absolute Gasteiger partial charge is 0.309 e. The molecular weight excluding hydrogens is 282 g/mol. The maximum atomic E-state index is 11.8. The van der Waals surface area contributed by atoms with E-state index < -0.39 is 10.0 Å². The van der Waals surface area contributed by atoms with Gasteiger partial charge in [0.1, 0.15) is 0 Å². The van der Waals surface area contributed by atoms with Gasteiger partial charge in [-0.15, -0.1) is 0 Å². The van der Waals surface area contributed by atoms with Crippen molar-refractivity contribution in [3.05, 3.63) is 29.8 Å². The molecular formula is C13H15NO5S. The number of rotatable bonds is 5. The highest BCUT2D eigenvalue weighted by atomic mass is 32.2. The highest BCUT2D eigenvalue weighted by molar-refractivity contribution is 7.89. The molecule has 0 aromatic heterocycles. The second-order valence-corrected chi connectivity index (χ2v) is 6.48. The number of primary sulfonamides is 1. The van der Waals surface area contributed by atoms with Gasteiger partial charge in [0.25, 0.3) is 0 Å². The van der Waals surface area contributed by atoms with Crippen molar-refractivity contribution < 1.29 is 22.7 Å². The number of hydrogen-bond donors (Lipinski definition) is 1. The summed E-state index contributed by atoms with van der Waals surface area (Å²) in [6, 6.07) is 5.17. The van der Waals surface area contributed by atoms with Crippen molar-refractivity contribution in [3.8, 4) is 0 Å². The number of benzene rings is 1. The van der Waals surface area contributed by atoms with Gasteiger partial charge in [-0.05, 0) is 36.6 Å². The Kier molecular flexibility index (Phi) is 3.92. The average molecular weight is 297 g/mol. The Morgan fingerprint density at radius 2 is 1.85 bits per heavy atom. The van der Waals surface area contributed by atoms with Gasteiger partial charge >= 0.3 is 5.97 Å². The Balaban J connectivity index is 1.94. The van der Waals surface area contributed by atoms with Crippen LogP contribution in [0.4, 0.5) is 0 Å². The van der Waals surface area contributed by atoms with Gasteiger partial charge in [0.15, 0.2) is 12.4 Å². The molecule has 6 nitrogen and oxygen atoms in total. The molecule has 0 radical (unpaired) electrons. The van der Waals surface area contributed by atoms with Gasteiger partial charge in [-0.3, -0.25) is 9.59 Å². The number of esters is 1. The summed E-state index contributed by atoms with van der Waals surface area (Å²) in [5.74, 6) is -0.501. The van der Waals surface area contributed by atoms with Crippen LogP contribution in [-0.2, 0) is 19.6 Å². The van der Waals surface area contributed by atoms with Crippen LogP contribution in [0.1, 0.15) is 23.7 Å². The van der Waals surface area contributed by atoms with Crippen LogP contribution in [0.25, 0.3) is 0 Å². The lowest BCUT2D eigenvalue weighted by atomic mass is 10.1. The summed E-state index contributed by atoms with van der Waals surface area (Å²) in [5, 5.41) is 4.95. The molecule has 108 valence electrons. The van der Waals surface area contributed by atoms with E-state index in [4.69, 9.17) is 9.88 Å². The fourth-order valence-corrected chi connectivity index (χ4v) is 2.32. The molecule has 7 heteroatoms. The fraction of sp³-hybridized carbons (Fsp3) is 0.385. The predicted molar refractivity (Wildman–Crippen MR) is 70.4 cm³/mol. The number of carbonyl (C=O) groups is 2. The molecule has 20 heavy (non-hydrogen) atoms. The number of ketones is 1. The molecule has 0 saturated heterocycles. The van der Waals surface area contributed by atoms with Crippen LogP contribution in [-0.4, -0.2) is 26.8 Å². The van der Waals surface area contributed by atoms with Gasteiger partial charge in [-0.1, -0.05) is 6.92 Å². The summed E-state index contributed by atoms with van der Waals surface area (Å²) < 4.78 is 27.0. The highest BCUT2D eigenvalue weighted by Gasteiger charge is 2.40. The van der Waals surface area contributed by atoms with E-state index in [1.807, 2.05) is 6.92 Å². The third kappa shape index (κ3) is 3.43. The first-order valence-corrected chi connectivity index (χ1v) is 7.66. The van der Waals surface area contributed by atoms with E-state index in [2.05, 4.69) is 0 Å². The average Bonchev–Trinajstić information content (AvgIpc) is 3.12. The Morgan fingerprint density at radius 1 is 1.30 bits per heavy atom. The largest absolute Gasteiger partial charge is 0.457 e. The number of hydrogen-bond acceptors (Lipinski definition) is 5. The van der Waals surface area contributed by atoms with E-state index >= 15 is 0 Å². The monoisotopic (exact) mass is 297 g/mol. The van der Waals surface area contributed by atoms with Gasteiger partial charge in [-0.25, -0.2) is 13.6 Å². The minimum atomic E-state index is -3.78. The van der Waals surface area contributed by atoms with Crippen molar-refractivity contribution in [3.63, 3.8) is 0 Å². The van der Waals surface area contributed by atoms with Crippen LogP contribution in [0.3, 0.4) is 0 Å². The minimum absolute atomic E-state index is 0.0714. The van der Waals surface area contributed by atoms with Crippen LogP contribution in [0, 0.1) is 11.8 Å². The first-order valence-electron chi connectivity index (χ1n) is 6.11. The number of Topliss-reactive ketones (excluding diaryl/α,β-unsaturated/α-hetero) is 1. The summed E-state index contributed by atoms with van der Waals surface area (Å²) >= 11 is 0. The van der Waals surface area contributed by atoms with Gasteiger partial charge in [0, 0.05) is 5.56 Å². The summed E-state index contributed by atoms with van der Waals surface area (Å²) in [4.78, 5) is 23.2. The summed E-state index contributed by atoms with van der Waals surface area (Å²) in [6.07, 6.45) is 0.802. The first kappa shape index (κ1) is 14.7. The first-order chi connectivity index (χ1) is 9.29. The van der Waals surface area contributed by atoms with E-state index in [0.29, 0.717) is 5.92 Å². The van der Waals surface area contributed by atoms with Crippen molar-refractivity contribution in [2.45, 2.75) is 18.2 Å². The molecule has 0 spiro atoms. The molecule has 1 aromatic carbocycles. The fourth-order valence-electron chi connectivity index (χ4n) is 1.81. The van der Waals surface area contributed by atoms with E-state index in [9.17, 15) is 18.0 Å². The number of carbonyl (C=O) groups excluding carboxylic acids is 2. The molecule has 0 aliphatic heterocycles.